The van der Waals surface area contributed by atoms with Crippen LogP contribution in [0.3, 0.4) is 0 Å². The molecule has 0 radical (unpaired) electrons. The molecule has 1 aromatic heterocycles. The smallest absolute Gasteiger partial charge is 0.744 e. The molecular weight excluding hydrogens is 829 g/mol. The van der Waals surface area contributed by atoms with Crippen LogP contribution in [0.1, 0.15) is 59.7 Å². The Morgan fingerprint density at radius 3 is 1.96 bits per heavy atom. The van der Waals surface area contributed by atoms with Gasteiger partial charge in [-0.1, -0.05) is 44.0 Å². The standard InChI is InChI=1S/C34H38Cl2N8O8S2.2Na/c1-19(2)43(20(3)4)22-8-9-29(30(12-22)38-17-45)40-41-33-26(16-37)32(34(5,6)7)42-44(33)31-27(35)10-21(11-28(31)36)39-18-52-23-13-24(53(46,47)48)15-25(14-23)54(49,50)51;;/h8-15,17,19-20,39H,18H2,1-7H3,(H,38,45)(H,46,47,48)(H,49,50,51);;/q;2*+1/p-2. The van der Waals surface area contributed by atoms with E-state index in [0.717, 1.165) is 17.8 Å². The Hall–Kier alpha value is -2.77. The van der Waals surface area contributed by atoms with Gasteiger partial charge in [0.1, 0.15) is 49.0 Å². The molecule has 0 saturated heterocycles. The Bertz CT molecular complexity index is 2300. The van der Waals surface area contributed by atoms with Crippen LogP contribution in [0.25, 0.3) is 5.69 Å². The van der Waals surface area contributed by atoms with Gasteiger partial charge in [0.05, 0.1) is 31.2 Å². The van der Waals surface area contributed by atoms with Gasteiger partial charge < -0.3 is 29.4 Å². The van der Waals surface area contributed by atoms with Crippen molar-refractivity contribution in [2.75, 3.05) is 22.3 Å². The van der Waals surface area contributed by atoms with Gasteiger partial charge in [-0.25, -0.2) is 21.5 Å². The number of amides is 1. The summed E-state index contributed by atoms with van der Waals surface area (Å²) in [7, 11) is -10.3. The number of ether oxygens (including phenoxy) is 1. The number of nitrogens with one attached hydrogen (secondary N) is 2. The summed E-state index contributed by atoms with van der Waals surface area (Å²) >= 11 is 13.5. The van der Waals surface area contributed by atoms with E-state index in [0.29, 0.717) is 29.5 Å². The van der Waals surface area contributed by atoms with Crippen LogP contribution in [0.4, 0.5) is 28.6 Å². The first-order valence-corrected chi connectivity index (χ1v) is 19.6. The Balaban J connectivity index is 0.00000541. The number of hydrogen-bond acceptors (Lipinski definition) is 14. The third-order valence-electron chi connectivity index (χ3n) is 7.72. The summed E-state index contributed by atoms with van der Waals surface area (Å²) in [6.07, 6.45) is 0.526. The molecule has 1 amide bonds. The van der Waals surface area contributed by atoms with E-state index in [4.69, 9.17) is 27.9 Å². The number of rotatable bonds is 14. The molecule has 0 fully saturated rings. The molecule has 1 heterocycles. The predicted octanol–water partition coefficient (Wildman–Crippen LogP) is 1.22. The first-order valence-electron chi connectivity index (χ1n) is 16.1. The summed E-state index contributed by atoms with van der Waals surface area (Å²) in [5.41, 5.74) is 1.75. The second-order valence-corrected chi connectivity index (χ2v) is 17.0. The van der Waals surface area contributed by atoms with Gasteiger partial charge >= 0.3 is 59.1 Å². The monoisotopic (exact) mass is 864 g/mol. The molecule has 16 nitrogen and oxygen atoms in total. The molecule has 22 heteroatoms. The number of aromatic nitrogens is 2. The van der Waals surface area contributed by atoms with Gasteiger partial charge in [-0.3, -0.25) is 4.79 Å². The van der Waals surface area contributed by atoms with E-state index in [2.05, 4.69) is 64.6 Å². The molecule has 288 valence electrons. The van der Waals surface area contributed by atoms with Gasteiger partial charge in [0.15, 0.2) is 12.5 Å². The van der Waals surface area contributed by atoms with Gasteiger partial charge in [0, 0.05) is 28.9 Å². The topological polar surface area (TPSA) is 234 Å². The van der Waals surface area contributed by atoms with Crippen molar-refractivity contribution in [3.8, 4) is 17.5 Å². The average Bonchev–Trinajstić information content (AvgIpc) is 3.41. The van der Waals surface area contributed by atoms with Gasteiger partial charge in [0.2, 0.25) is 6.41 Å². The number of benzene rings is 3. The minimum atomic E-state index is -5.13. The second-order valence-electron chi connectivity index (χ2n) is 13.4. The maximum atomic E-state index is 11.6. The van der Waals surface area contributed by atoms with Gasteiger partial charge in [-0.05, 0) is 76.2 Å². The van der Waals surface area contributed by atoms with Crippen molar-refractivity contribution < 1.29 is 94.6 Å². The Morgan fingerprint density at radius 1 is 0.946 bits per heavy atom. The first kappa shape index (κ1) is 49.4. The Morgan fingerprint density at radius 2 is 1.50 bits per heavy atom. The maximum Gasteiger partial charge on any atom is 1.00 e. The van der Waals surface area contributed by atoms with Crippen molar-refractivity contribution >= 4 is 78.4 Å². The predicted molar refractivity (Wildman–Crippen MR) is 202 cm³/mol. The zero-order valence-corrected chi connectivity index (χ0v) is 39.2. The van der Waals surface area contributed by atoms with Crippen LogP contribution in [-0.4, -0.2) is 60.9 Å². The van der Waals surface area contributed by atoms with Crippen molar-refractivity contribution in [2.45, 2.75) is 75.8 Å². The van der Waals surface area contributed by atoms with E-state index in [1.165, 1.54) is 16.8 Å². The number of halogens is 2. The molecular formula is C34H36Cl2N8Na2O8S2. The minimum absolute atomic E-state index is 0. The average molecular weight is 866 g/mol. The molecule has 4 rings (SSSR count). The molecule has 0 aliphatic carbocycles. The molecule has 0 unspecified atom stereocenters. The van der Waals surface area contributed by atoms with Gasteiger partial charge in [-0.2, -0.15) is 10.4 Å². The van der Waals surface area contributed by atoms with Crippen molar-refractivity contribution in [1.82, 2.24) is 9.78 Å². The number of nitrogens with zero attached hydrogens (tertiary/aromatic N) is 6. The summed E-state index contributed by atoms with van der Waals surface area (Å²) < 4.78 is 75.8. The third kappa shape index (κ3) is 11.9. The number of nitriles is 1. The van der Waals surface area contributed by atoms with Crippen molar-refractivity contribution in [1.29, 1.82) is 5.26 Å². The molecule has 2 N–H and O–H groups in total. The van der Waals surface area contributed by atoms with E-state index in [1.54, 1.807) is 12.1 Å². The van der Waals surface area contributed by atoms with E-state index in [9.17, 15) is 36.0 Å². The summed E-state index contributed by atoms with van der Waals surface area (Å²) in [5, 5.41) is 29.4. The molecule has 0 aliphatic rings. The normalized spacial score (nSPS) is 11.9. The Kier molecular flexibility index (Phi) is 17.4. The zero-order chi connectivity index (χ0) is 40.3. The van der Waals surface area contributed by atoms with Crippen LogP contribution in [0, 0.1) is 11.3 Å². The van der Waals surface area contributed by atoms with Crippen molar-refractivity contribution in [3.05, 3.63) is 69.8 Å². The fourth-order valence-corrected chi connectivity index (χ4v) is 7.31. The van der Waals surface area contributed by atoms with E-state index >= 15 is 0 Å². The van der Waals surface area contributed by atoms with Gasteiger partial charge in [-0.15, -0.1) is 10.2 Å². The van der Waals surface area contributed by atoms with Crippen molar-refractivity contribution in [3.63, 3.8) is 0 Å². The van der Waals surface area contributed by atoms with Crippen LogP contribution < -0.4 is 79.4 Å². The number of hydrogen-bond donors (Lipinski definition) is 2. The minimum Gasteiger partial charge on any atom is -0.744 e. The molecule has 0 bridgehead atoms. The van der Waals surface area contributed by atoms with Crippen LogP contribution >= 0.6 is 23.2 Å². The van der Waals surface area contributed by atoms with Gasteiger partial charge in [0.25, 0.3) is 0 Å². The van der Waals surface area contributed by atoms with E-state index < -0.39 is 47.9 Å². The molecule has 0 atom stereocenters. The molecule has 4 aromatic rings. The third-order valence-corrected chi connectivity index (χ3v) is 9.92. The fraction of sp³-hybridized carbons (Fsp3) is 0.324. The second kappa shape index (κ2) is 19.8. The maximum absolute atomic E-state index is 11.6. The summed E-state index contributed by atoms with van der Waals surface area (Å²) in [4.78, 5) is 11.8. The van der Waals surface area contributed by atoms with Crippen molar-refractivity contribution in [2.24, 2.45) is 10.2 Å². The number of carbonyl (C=O) groups is 1. The number of anilines is 3. The quantitative estimate of drug-likeness (QED) is 0.0599. The van der Waals surface area contributed by atoms with E-state index in [1.807, 2.05) is 26.8 Å². The fourth-order valence-electron chi connectivity index (χ4n) is 5.52. The summed E-state index contributed by atoms with van der Waals surface area (Å²) in [6, 6.07) is 12.7. The number of azo groups is 1. The molecule has 0 saturated carbocycles. The Labute approximate surface area is 380 Å². The summed E-state index contributed by atoms with van der Waals surface area (Å²) in [6.45, 7) is 13.4. The van der Waals surface area contributed by atoms with Crippen LogP contribution in [-0.2, 0) is 30.4 Å². The zero-order valence-electron chi connectivity index (χ0n) is 32.1. The summed E-state index contributed by atoms with van der Waals surface area (Å²) in [5.74, 6) is -0.397. The molecule has 56 heavy (non-hydrogen) atoms. The van der Waals surface area contributed by atoms with Crippen LogP contribution in [0.2, 0.25) is 10.0 Å². The van der Waals surface area contributed by atoms with E-state index in [-0.39, 0.29) is 104 Å². The SMILES string of the molecule is CC(C)N(c1ccc(N=Nc2c(C#N)c(C(C)(C)C)nn2-c2c(Cl)cc(NCOc3cc(S(=O)(=O)[O-])cc(S(=O)(=O)[O-])c3)cc2Cl)c(NC=O)c1)C(C)C.[Na+].[Na+]. The molecule has 0 aliphatic heterocycles. The number of carbonyl (C=O) groups excluding carboxylic acids is 1. The molecule has 3 aromatic carbocycles. The van der Waals surface area contributed by atoms with Crippen LogP contribution in [0.15, 0.2) is 68.6 Å². The van der Waals surface area contributed by atoms with Crippen LogP contribution in [0.5, 0.6) is 5.75 Å². The first-order chi connectivity index (χ1) is 25.1. The molecule has 0 spiro atoms. The largest absolute Gasteiger partial charge is 1.00 e.